The Morgan fingerprint density at radius 3 is 2.94 bits per heavy atom. The van der Waals surface area contributed by atoms with Crippen molar-refractivity contribution in [2.45, 2.75) is 26.2 Å². The second-order valence-corrected chi connectivity index (χ2v) is 5.38. The summed E-state index contributed by atoms with van der Waals surface area (Å²) in [6.07, 6.45) is 3.40. The van der Waals surface area contributed by atoms with Crippen LogP contribution in [0.1, 0.15) is 36.7 Å². The summed E-state index contributed by atoms with van der Waals surface area (Å²) in [6, 6.07) is 0. The van der Waals surface area contributed by atoms with E-state index >= 15 is 0 Å². The maximum Gasteiger partial charge on any atom is 0.270 e. The normalized spacial score (nSPS) is 18.9. The average Bonchev–Trinajstić information content (AvgIpc) is 2.91. The third-order valence-corrected chi connectivity index (χ3v) is 4.29. The van der Waals surface area contributed by atoms with Crippen LogP contribution in [0.25, 0.3) is 0 Å². The van der Waals surface area contributed by atoms with Gasteiger partial charge in [-0.05, 0) is 37.8 Å². The largest absolute Gasteiger partial charge is 0.350 e. The maximum absolute atomic E-state index is 11.8. The number of hydrogen-bond donors (Lipinski definition) is 2. The van der Waals surface area contributed by atoms with Gasteiger partial charge in [0.2, 0.25) is 0 Å². The summed E-state index contributed by atoms with van der Waals surface area (Å²) in [7, 11) is 0. The lowest BCUT2D eigenvalue weighted by Gasteiger charge is -2.36. The zero-order valence-electron chi connectivity index (χ0n) is 10.2. The summed E-state index contributed by atoms with van der Waals surface area (Å²) in [4.78, 5) is 15.8. The van der Waals surface area contributed by atoms with Crippen LogP contribution in [0.3, 0.4) is 0 Å². The summed E-state index contributed by atoms with van der Waals surface area (Å²) in [6.45, 7) is 5.09. The molecule has 2 heterocycles. The monoisotopic (exact) mass is 253 g/mol. The van der Waals surface area contributed by atoms with Crippen molar-refractivity contribution in [1.82, 2.24) is 15.6 Å². The Kier molecular flexibility index (Phi) is 4.12. The first-order valence-electron chi connectivity index (χ1n) is 6.13. The van der Waals surface area contributed by atoms with Crippen molar-refractivity contribution in [3.63, 3.8) is 0 Å². The fourth-order valence-electron chi connectivity index (χ4n) is 2.30. The number of aromatic nitrogens is 1. The zero-order chi connectivity index (χ0) is 12.1. The van der Waals surface area contributed by atoms with Gasteiger partial charge in [-0.2, -0.15) is 0 Å². The highest BCUT2D eigenvalue weighted by Gasteiger charge is 2.30. The van der Waals surface area contributed by atoms with Crippen molar-refractivity contribution in [1.29, 1.82) is 0 Å². The van der Waals surface area contributed by atoms with Gasteiger partial charge in [0.1, 0.15) is 5.69 Å². The predicted molar refractivity (Wildman–Crippen MR) is 69.3 cm³/mol. The van der Waals surface area contributed by atoms with Gasteiger partial charge < -0.3 is 10.6 Å². The lowest BCUT2D eigenvalue weighted by molar-refractivity contribution is 0.0906. The van der Waals surface area contributed by atoms with Crippen LogP contribution in [0.2, 0.25) is 0 Å². The van der Waals surface area contributed by atoms with Crippen LogP contribution in [0.5, 0.6) is 0 Å². The number of rotatable bonds is 4. The van der Waals surface area contributed by atoms with Crippen molar-refractivity contribution < 1.29 is 4.79 Å². The van der Waals surface area contributed by atoms with Gasteiger partial charge in [0, 0.05) is 11.9 Å². The molecule has 0 radical (unpaired) electrons. The molecule has 17 heavy (non-hydrogen) atoms. The summed E-state index contributed by atoms with van der Waals surface area (Å²) in [5, 5.41) is 8.18. The number of thiazole rings is 1. The van der Waals surface area contributed by atoms with E-state index in [0.29, 0.717) is 5.69 Å². The van der Waals surface area contributed by atoms with Gasteiger partial charge in [-0.3, -0.25) is 4.79 Å². The molecule has 0 saturated carbocycles. The third kappa shape index (κ3) is 3.04. The Hall–Kier alpha value is -0.940. The molecule has 0 aliphatic carbocycles. The molecule has 1 aromatic rings. The minimum absolute atomic E-state index is 0.0439. The van der Waals surface area contributed by atoms with Crippen molar-refractivity contribution in [2.24, 2.45) is 5.41 Å². The highest BCUT2D eigenvalue weighted by molar-refractivity contribution is 7.07. The zero-order valence-corrected chi connectivity index (χ0v) is 11.0. The first-order valence-corrected chi connectivity index (χ1v) is 7.07. The van der Waals surface area contributed by atoms with Crippen molar-refractivity contribution >= 4 is 17.2 Å². The molecule has 1 aliphatic rings. The molecule has 4 nitrogen and oxygen atoms in total. The van der Waals surface area contributed by atoms with Crippen LogP contribution in [0.4, 0.5) is 0 Å². The lowest BCUT2D eigenvalue weighted by atomic mass is 9.76. The number of amides is 1. The standard InChI is InChI=1S/C12H19N3OS/c1-2-12(3-5-13-6-4-12)8-14-11(16)10-7-17-9-15-10/h7,9,13H,2-6,8H2,1H3,(H,14,16). The molecule has 0 unspecified atom stereocenters. The minimum atomic E-state index is -0.0439. The molecule has 94 valence electrons. The summed E-state index contributed by atoms with van der Waals surface area (Å²) in [5.74, 6) is -0.0439. The Morgan fingerprint density at radius 2 is 2.35 bits per heavy atom. The summed E-state index contributed by atoms with van der Waals surface area (Å²) >= 11 is 1.45. The van der Waals surface area contributed by atoms with Crippen LogP contribution in [-0.4, -0.2) is 30.5 Å². The van der Waals surface area contributed by atoms with E-state index < -0.39 is 0 Å². The van der Waals surface area contributed by atoms with Gasteiger partial charge >= 0.3 is 0 Å². The number of hydrogen-bond acceptors (Lipinski definition) is 4. The van der Waals surface area contributed by atoms with Crippen LogP contribution >= 0.6 is 11.3 Å². The van der Waals surface area contributed by atoms with E-state index in [1.165, 1.54) is 11.3 Å². The van der Waals surface area contributed by atoms with E-state index in [0.717, 1.165) is 38.9 Å². The molecule has 5 heteroatoms. The van der Waals surface area contributed by atoms with Crippen LogP contribution < -0.4 is 10.6 Å². The molecular weight excluding hydrogens is 234 g/mol. The molecule has 0 spiro atoms. The highest BCUT2D eigenvalue weighted by Crippen LogP contribution is 2.31. The molecule has 0 bridgehead atoms. The fourth-order valence-corrected chi connectivity index (χ4v) is 2.83. The molecule has 1 fully saturated rings. The van der Waals surface area contributed by atoms with Crippen molar-refractivity contribution in [3.8, 4) is 0 Å². The Balaban J connectivity index is 1.89. The number of carbonyl (C=O) groups excluding carboxylic acids is 1. The topological polar surface area (TPSA) is 54.0 Å². The second-order valence-electron chi connectivity index (χ2n) is 4.66. The maximum atomic E-state index is 11.8. The first kappa shape index (κ1) is 12.5. The fraction of sp³-hybridized carbons (Fsp3) is 0.667. The number of piperidine rings is 1. The third-order valence-electron chi connectivity index (χ3n) is 3.70. The summed E-state index contributed by atoms with van der Waals surface area (Å²) < 4.78 is 0. The van der Waals surface area contributed by atoms with Gasteiger partial charge in [0.15, 0.2) is 0 Å². The van der Waals surface area contributed by atoms with Gasteiger partial charge in [-0.1, -0.05) is 6.92 Å². The van der Waals surface area contributed by atoms with Gasteiger partial charge in [0.25, 0.3) is 5.91 Å². The van der Waals surface area contributed by atoms with E-state index in [4.69, 9.17) is 0 Å². The van der Waals surface area contributed by atoms with Gasteiger partial charge in [0.05, 0.1) is 5.51 Å². The van der Waals surface area contributed by atoms with Crippen molar-refractivity contribution in [2.75, 3.05) is 19.6 Å². The van der Waals surface area contributed by atoms with Gasteiger partial charge in [-0.15, -0.1) is 11.3 Å². The van der Waals surface area contributed by atoms with Crippen LogP contribution in [0.15, 0.2) is 10.9 Å². The van der Waals surface area contributed by atoms with E-state index in [1.807, 2.05) is 0 Å². The Labute approximate surface area is 106 Å². The average molecular weight is 253 g/mol. The van der Waals surface area contributed by atoms with E-state index in [-0.39, 0.29) is 11.3 Å². The van der Waals surface area contributed by atoms with Crippen LogP contribution in [-0.2, 0) is 0 Å². The van der Waals surface area contributed by atoms with E-state index in [2.05, 4.69) is 22.5 Å². The second kappa shape index (κ2) is 5.60. The number of nitrogens with zero attached hydrogens (tertiary/aromatic N) is 1. The molecule has 1 aliphatic heterocycles. The lowest BCUT2D eigenvalue weighted by Crippen LogP contribution is -2.44. The summed E-state index contributed by atoms with van der Waals surface area (Å²) in [5.41, 5.74) is 2.50. The predicted octanol–water partition coefficient (Wildman–Crippen LogP) is 1.65. The Bertz CT molecular complexity index is 358. The van der Waals surface area contributed by atoms with E-state index in [1.54, 1.807) is 10.9 Å². The first-order chi connectivity index (χ1) is 8.26. The highest BCUT2D eigenvalue weighted by atomic mass is 32.1. The molecule has 0 aromatic carbocycles. The van der Waals surface area contributed by atoms with Gasteiger partial charge in [-0.25, -0.2) is 4.98 Å². The quantitative estimate of drug-likeness (QED) is 0.858. The smallest absolute Gasteiger partial charge is 0.270 e. The molecule has 2 N–H and O–H groups in total. The molecule has 2 rings (SSSR count). The Morgan fingerprint density at radius 1 is 1.59 bits per heavy atom. The van der Waals surface area contributed by atoms with E-state index in [9.17, 15) is 4.79 Å². The SMILES string of the molecule is CCC1(CNC(=O)c2cscn2)CCNCC1. The molecule has 1 saturated heterocycles. The minimum Gasteiger partial charge on any atom is -0.350 e. The van der Waals surface area contributed by atoms with Crippen molar-refractivity contribution in [3.05, 3.63) is 16.6 Å². The molecular formula is C12H19N3OS. The number of carbonyl (C=O) groups is 1. The number of nitrogens with one attached hydrogen (secondary N) is 2. The molecule has 1 amide bonds. The molecule has 0 atom stereocenters. The molecule has 1 aromatic heterocycles. The van der Waals surface area contributed by atoms with Crippen LogP contribution in [0, 0.1) is 5.41 Å².